The second-order valence-corrected chi connectivity index (χ2v) is 7.53. The van der Waals surface area contributed by atoms with Crippen molar-refractivity contribution in [3.8, 4) is 6.07 Å². The van der Waals surface area contributed by atoms with Crippen LogP contribution < -0.4 is 15.3 Å². The van der Waals surface area contributed by atoms with E-state index >= 15 is 0 Å². The Morgan fingerprint density at radius 2 is 2.00 bits per heavy atom. The minimum atomic E-state index is -3.94. The third-order valence-corrected chi connectivity index (χ3v) is 4.56. The fourth-order valence-corrected chi connectivity index (χ4v) is 3.15. The van der Waals surface area contributed by atoms with Gasteiger partial charge in [0.2, 0.25) is 5.82 Å². The van der Waals surface area contributed by atoms with Gasteiger partial charge in [-0.3, -0.25) is 5.01 Å². The lowest BCUT2D eigenvalue weighted by Gasteiger charge is -2.27. The molecule has 0 saturated carbocycles. The second kappa shape index (κ2) is 7.59. The van der Waals surface area contributed by atoms with E-state index in [1.807, 2.05) is 19.9 Å². The number of hydrogen-bond donors (Lipinski definition) is 1. The largest absolute Gasteiger partial charge is 0.278 e. The van der Waals surface area contributed by atoms with Gasteiger partial charge >= 0.3 is 0 Å². The summed E-state index contributed by atoms with van der Waals surface area (Å²) in [7, 11) is -2.22. The van der Waals surface area contributed by atoms with E-state index in [-0.39, 0.29) is 16.6 Å². The monoisotopic (exact) mass is 361 g/mol. The van der Waals surface area contributed by atoms with Crippen LogP contribution in [0.5, 0.6) is 0 Å². The highest BCUT2D eigenvalue weighted by molar-refractivity contribution is 7.89. The van der Waals surface area contributed by atoms with Crippen LogP contribution in [-0.2, 0) is 10.0 Å². The lowest BCUT2D eigenvalue weighted by atomic mass is 9.98. The Bertz CT molecular complexity index is 897. The van der Waals surface area contributed by atoms with Crippen LogP contribution in [0.4, 0.5) is 10.2 Å². The number of aromatic nitrogens is 2. The maximum Gasteiger partial charge on any atom is 0.257 e. The first-order chi connectivity index (χ1) is 11.7. The van der Waals surface area contributed by atoms with Gasteiger partial charge in [-0.15, -0.1) is 4.83 Å². The van der Waals surface area contributed by atoms with Gasteiger partial charge in [0.05, 0.1) is 4.90 Å². The number of hydrogen-bond acceptors (Lipinski definition) is 6. The smallest absolute Gasteiger partial charge is 0.257 e. The van der Waals surface area contributed by atoms with E-state index in [2.05, 4.69) is 14.8 Å². The first-order valence-electron chi connectivity index (χ1n) is 7.52. The standard InChI is InChI=1S/C15H17BFN5O2S/c1-10(2)9-22(15-13(16)8-19-14(7-18)20-15)21-25(23,24)12-5-3-11(17)4-6-12/h3-6,8,10,21H,9,16H2,1-2H3. The van der Waals surface area contributed by atoms with Gasteiger partial charge < -0.3 is 0 Å². The van der Waals surface area contributed by atoms with E-state index in [4.69, 9.17) is 5.26 Å². The van der Waals surface area contributed by atoms with E-state index in [1.165, 1.54) is 23.3 Å². The molecule has 0 aliphatic carbocycles. The van der Waals surface area contributed by atoms with Crippen molar-refractivity contribution in [2.24, 2.45) is 5.92 Å². The zero-order chi connectivity index (χ0) is 18.6. The molecule has 0 bridgehead atoms. The molecule has 0 aliphatic rings. The summed E-state index contributed by atoms with van der Waals surface area (Å²) in [4.78, 5) is 10.3. The van der Waals surface area contributed by atoms with Gasteiger partial charge in [-0.05, 0) is 35.6 Å². The molecular formula is C15H17BFN5O2S. The molecule has 1 aromatic carbocycles. The molecule has 1 heterocycles. The van der Waals surface area contributed by atoms with Crippen LogP contribution in [0.3, 0.4) is 0 Å². The summed E-state index contributed by atoms with van der Waals surface area (Å²) in [5.74, 6) is -0.180. The Hall–Kier alpha value is -2.51. The minimum Gasteiger partial charge on any atom is -0.278 e. The third kappa shape index (κ3) is 4.74. The zero-order valence-corrected chi connectivity index (χ0v) is 14.9. The Morgan fingerprint density at radius 3 is 2.56 bits per heavy atom. The number of rotatable bonds is 6. The van der Waals surface area contributed by atoms with E-state index in [0.717, 1.165) is 12.1 Å². The number of benzene rings is 1. The van der Waals surface area contributed by atoms with Crippen LogP contribution in [0.2, 0.25) is 0 Å². The van der Waals surface area contributed by atoms with Crippen LogP contribution in [-0.4, -0.2) is 32.8 Å². The van der Waals surface area contributed by atoms with Crippen molar-refractivity contribution < 1.29 is 12.8 Å². The van der Waals surface area contributed by atoms with Crippen molar-refractivity contribution in [2.75, 3.05) is 11.6 Å². The highest BCUT2D eigenvalue weighted by Crippen LogP contribution is 2.14. The number of halogens is 1. The van der Waals surface area contributed by atoms with E-state index < -0.39 is 15.8 Å². The Balaban J connectivity index is 2.42. The molecule has 0 aliphatic heterocycles. The number of hydrazine groups is 1. The van der Waals surface area contributed by atoms with Crippen molar-refractivity contribution >= 4 is 29.2 Å². The molecule has 1 aromatic heterocycles. The molecule has 0 saturated heterocycles. The number of sulfonamides is 1. The molecule has 2 rings (SSSR count). The van der Waals surface area contributed by atoms with Crippen molar-refractivity contribution in [2.45, 2.75) is 18.7 Å². The zero-order valence-electron chi connectivity index (χ0n) is 14.1. The molecule has 0 fully saturated rings. The maximum atomic E-state index is 13.0. The fraction of sp³-hybridized carbons (Fsp3) is 0.267. The molecule has 0 amide bonds. The molecule has 7 nitrogen and oxygen atoms in total. The highest BCUT2D eigenvalue weighted by Gasteiger charge is 2.22. The quantitative estimate of drug-likeness (QED) is 0.579. The van der Waals surface area contributed by atoms with Gasteiger partial charge in [0.15, 0.2) is 0 Å². The van der Waals surface area contributed by atoms with Gasteiger partial charge in [0, 0.05) is 12.7 Å². The lowest BCUT2D eigenvalue weighted by Crippen LogP contribution is -2.47. The fourth-order valence-electron chi connectivity index (χ4n) is 2.10. The molecule has 0 spiro atoms. The van der Waals surface area contributed by atoms with Gasteiger partial charge in [-0.2, -0.15) is 5.26 Å². The van der Waals surface area contributed by atoms with Crippen LogP contribution in [0, 0.1) is 23.1 Å². The summed E-state index contributed by atoms with van der Waals surface area (Å²) in [5, 5.41) is 10.3. The maximum absolute atomic E-state index is 13.0. The molecule has 0 unspecified atom stereocenters. The topological polar surface area (TPSA) is 99.0 Å². The van der Waals surface area contributed by atoms with Crippen LogP contribution in [0.25, 0.3) is 0 Å². The van der Waals surface area contributed by atoms with Crippen LogP contribution in [0.1, 0.15) is 19.7 Å². The SMILES string of the molecule is Bc1cnc(C#N)nc1N(CC(C)C)NS(=O)(=O)c1ccc(F)cc1. The van der Waals surface area contributed by atoms with Gasteiger partial charge in [-0.1, -0.05) is 13.8 Å². The van der Waals surface area contributed by atoms with Crippen molar-refractivity contribution in [1.82, 2.24) is 14.8 Å². The van der Waals surface area contributed by atoms with Gasteiger partial charge in [0.1, 0.15) is 25.6 Å². The van der Waals surface area contributed by atoms with E-state index in [0.29, 0.717) is 17.8 Å². The summed E-state index contributed by atoms with van der Waals surface area (Å²) < 4.78 is 38.2. The second-order valence-electron chi connectivity index (χ2n) is 5.87. The first-order valence-corrected chi connectivity index (χ1v) is 9.00. The summed E-state index contributed by atoms with van der Waals surface area (Å²) in [6.07, 6.45) is 1.46. The molecule has 130 valence electrons. The average Bonchev–Trinajstić information content (AvgIpc) is 2.54. The van der Waals surface area contributed by atoms with E-state index in [9.17, 15) is 12.8 Å². The summed E-state index contributed by atoms with van der Waals surface area (Å²) >= 11 is 0. The molecule has 10 heteroatoms. The molecule has 0 atom stereocenters. The van der Waals surface area contributed by atoms with Crippen molar-refractivity contribution in [3.63, 3.8) is 0 Å². The predicted octanol–water partition coefficient (Wildman–Crippen LogP) is 0.102. The van der Waals surface area contributed by atoms with Crippen molar-refractivity contribution in [3.05, 3.63) is 42.1 Å². The van der Waals surface area contributed by atoms with E-state index in [1.54, 1.807) is 7.85 Å². The third-order valence-electron chi connectivity index (χ3n) is 3.20. The Labute approximate surface area is 147 Å². The highest BCUT2D eigenvalue weighted by atomic mass is 32.2. The van der Waals surface area contributed by atoms with Crippen LogP contribution >= 0.6 is 0 Å². The summed E-state index contributed by atoms with van der Waals surface area (Å²) in [6, 6.07) is 6.34. The number of nitrogens with zero attached hydrogens (tertiary/aromatic N) is 4. The molecule has 25 heavy (non-hydrogen) atoms. The number of anilines is 1. The predicted molar refractivity (Wildman–Crippen MR) is 93.8 cm³/mol. The van der Waals surface area contributed by atoms with Crippen molar-refractivity contribution in [1.29, 1.82) is 5.26 Å². The number of nitrogens with one attached hydrogen (secondary N) is 1. The molecule has 0 radical (unpaired) electrons. The average molecular weight is 361 g/mol. The lowest BCUT2D eigenvalue weighted by molar-refractivity contribution is 0.552. The molecule has 2 aromatic rings. The Kier molecular flexibility index (Phi) is 5.71. The summed E-state index contributed by atoms with van der Waals surface area (Å²) in [5.41, 5.74) is 0.612. The van der Waals surface area contributed by atoms with Gasteiger partial charge in [-0.25, -0.2) is 22.8 Å². The molecule has 1 N–H and O–H groups in total. The minimum absolute atomic E-state index is 0.0599. The first kappa shape index (κ1) is 18.8. The van der Waals surface area contributed by atoms with Gasteiger partial charge in [0.25, 0.3) is 10.0 Å². The van der Waals surface area contributed by atoms with Crippen LogP contribution in [0.15, 0.2) is 35.4 Å². The summed E-state index contributed by atoms with van der Waals surface area (Å²) in [6.45, 7) is 4.16. The Morgan fingerprint density at radius 1 is 1.36 bits per heavy atom. The molecular weight excluding hydrogens is 344 g/mol. The normalized spacial score (nSPS) is 11.3. The number of nitriles is 1.